The molecule has 0 bridgehead atoms. The fourth-order valence-corrected chi connectivity index (χ4v) is 1.89. The molecule has 0 fully saturated rings. The summed E-state index contributed by atoms with van der Waals surface area (Å²) in [7, 11) is 0. The third-order valence-corrected chi connectivity index (χ3v) is 3.17. The third-order valence-electron chi connectivity index (χ3n) is 2.34. The molecule has 0 unspecified atom stereocenters. The maximum absolute atomic E-state index is 10.8. The fraction of sp³-hybridized carbons (Fsp3) is 0.100. The van der Waals surface area contributed by atoms with E-state index in [1.807, 2.05) is 0 Å². The Balaban J connectivity index is 2.36. The van der Waals surface area contributed by atoms with E-state index in [4.69, 9.17) is 5.73 Å². The number of nitrogens with zero attached hydrogens (tertiary/aromatic N) is 3. The van der Waals surface area contributed by atoms with Crippen LogP contribution in [0.2, 0.25) is 0 Å². The SMILES string of the molecule is Nc1c(I)cnn1Cc1ccccc1[N+](=O)[O-]. The third kappa shape index (κ3) is 2.38. The monoisotopic (exact) mass is 344 g/mol. The minimum atomic E-state index is -0.403. The first-order chi connectivity index (χ1) is 8.09. The molecule has 0 aliphatic rings. The number of hydrogen-bond donors (Lipinski definition) is 1. The summed E-state index contributed by atoms with van der Waals surface area (Å²) >= 11 is 2.07. The quantitative estimate of drug-likeness (QED) is 0.524. The Labute approximate surface area is 111 Å². The van der Waals surface area contributed by atoms with E-state index in [9.17, 15) is 10.1 Å². The number of nitrogen functional groups attached to an aromatic ring is 1. The predicted octanol–water partition coefficient (Wildman–Crippen LogP) is 2.03. The van der Waals surface area contributed by atoms with E-state index in [0.717, 1.165) is 3.57 Å². The summed E-state index contributed by atoms with van der Waals surface area (Å²) < 4.78 is 2.38. The smallest absolute Gasteiger partial charge is 0.274 e. The van der Waals surface area contributed by atoms with E-state index in [0.29, 0.717) is 17.9 Å². The Hall–Kier alpha value is -1.64. The Morgan fingerprint density at radius 3 is 2.76 bits per heavy atom. The lowest BCUT2D eigenvalue weighted by Gasteiger charge is -2.05. The van der Waals surface area contributed by atoms with Gasteiger partial charge in [0.1, 0.15) is 5.82 Å². The van der Waals surface area contributed by atoms with Crippen LogP contribution in [0.25, 0.3) is 0 Å². The van der Waals surface area contributed by atoms with Crippen LogP contribution in [0.1, 0.15) is 5.56 Å². The van der Waals surface area contributed by atoms with Crippen LogP contribution in [0, 0.1) is 13.7 Å². The normalized spacial score (nSPS) is 10.4. The molecule has 0 saturated heterocycles. The Kier molecular flexibility index (Phi) is 3.27. The summed E-state index contributed by atoms with van der Waals surface area (Å²) in [5, 5.41) is 14.9. The van der Waals surface area contributed by atoms with Crippen molar-refractivity contribution in [2.24, 2.45) is 0 Å². The zero-order valence-corrected chi connectivity index (χ0v) is 10.9. The first-order valence-corrected chi connectivity index (χ1v) is 5.86. The van der Waals surface area contributed by atoms with E-state index in [-0.39, 0.29) is 5.69 Å². The van der Waals surface area contributed by atoms with Crippen LogP contribution in [0.4, 0.5) is 11.5 Å². The van der Waals surface area contributed by atoms with Crippen LogP contribution in [0.15, 0.2) is 30.5 Å². The van der Waals surface area contributed by atoms with Gasteiger partial charge in [-0.15, -0.1) is 0 Å². The molecule has 2 aromatic rings. The van der Waals surface area contributed by atoms with E-state index in [2.05, 4.69) is 27.7 Å². The van der Waals surface area contributed by atoms with Gasteiger partial charge in [0.05, 0.1) is 26.8 Å². The number of para-hydroxylation sites is 1. The minimum absolute atomic E-state index is 0.0809. The number of hydrogen-bond acceptors (Lipinski definition) is 4. The second-order valence-electron chi connectivity index (χ2n) is 3.42. The molecule has 2 N–H and O–H groups in total. The highest BCUT2D eigenvalue weighted by Gasteiger charge is 2.14. The Bertz CT molecular complexity index is 567. The predicted molar refractivity (Wildman–Crippen MR) is 71.6 cm³/mol. The largest absolute Gasteiger partial charge is 0.383 e. The lowest BCUT2D eigenvalue weighted by atomic mass is 10.2. The molecule has 17 heavy (non-hydrogen) atoms. The van der Waals surface area contributed by atoms with Crippen LogP contribution in [-0.2, 0) is 6.54 Å². The van der Waals surface area contributed by atoms with E-state index < -0.39 is 4.92 Å². The van der Waals surface area contributed by atoms with Crippen molar-refractivity contribution in [3.63, 3.8) is 0 Å². The molecule has 0 amide bonds. The second-order valence-corrected chi connectivity index (χ2v) is 4.58. The van der Waals surface area contributed by atoms with Gasteiger partial charge in [0, 0.05) is 6.07 Å². The number of anilines is 1. The van der Waals surface area contributed by atoms with Crippen molar-refractivity contribution in [1.29, 1.82) is 0 Å². The summed E-state index contributed by atoms with van der Waals surface area (Å²) in [5.74, 6) is 0.517. The van der Waals surface area contributed by atoms with Crippen molar-refractivity contribution < 1.29 is 4.92 Å². The average molecular weight is 344 g/mol. The topological polar surface area (TPSA) is 87.0 Å². The molecule has 0 spiro atoms. The van der Waals surface area contributed by atoms with Crippen molar-refractivity contribution in [2.75, 3.05) is 5.73 Å². The summed E-state index contributed by atoms with van der Waals surface area (Å²) in [4.78, 5) is 10.4. The molecule has 0 aliphatic carbocycles. The standard InChI is InChI=1S/C10H9IN4O2/c11-8-5-13-14(10(8)12)6-7-3-1-2-4-9(7)15(16)17/h1-5H,6,12H2. The molecule has 7 heteroatoms. The van der Waals surface area contributed by atoms with Gasteiger partial charge in [0.2, 0.25) is 0 Å². The molecule has 0 radical (unpaired) electrons. The van der Waals surface area contributed by atoms with Gasteiger partial charge >= 0.3 is 0 Å². The van der Waals surface area contributed by atoms with Gasteiger partial charge < -0.3 is 5.73 Å². The molecule has 1 heterocycles. The summed E-state index contributed by atoms with van der Waals surface area (Å²) in [6.07, 6.45) is 1.63. The van der Waals surface area contributed by atoms with Gasteiger partial charge in [0.25, 0.3) is 5.69 Å². The van der Waals surface area contributed by atoms with Crippen LogP contribution in [-0.4, -0.2) is 14.7 Å². The Morgan fingerprint density at radius 1 is 1.47 bits per heavy atom. The molecular weight excluding hydrogens is 335 g/mol. The van der Waals surface area contributed by atoms with Crippen LogP contribution in [0.3, 0.4) is 0 Å². The van der Waals surface area contributed by atoms with Crippen molar-refractivity contribution in [1.82, 2.24) is 9.78 Å². The van der Waals surface area contributed by atoms with E-state index in [1.54, 1.807) is 29.1 Å². The highest BCUT2D eigenvalue weighted by Crippen LogP contribution is 2.21. The van der Waals surface area contributed by atoms with Gasteiger partial charge in [0.15, 0.2) is 0 Å². The maximum atomic E-state index is 10.8. The number of nitro groups is 1. The molecule has 88 valence electrons. The van der Waals surface area contributed by atoms with Gasteiger partial charge in [-0.05, 0) is 22.6 Å². The highest BCUT2D eigenvalue weighted by atomic mass is 127. The zero-order valence-electron chi connectivity index (χ0n) is 8.71. The highest BCUT2D eigenvalue weighted by molar-refractivity contribution is 14.1. The molecule has 2 rings (SSSR count). The summed E-state index contributed by atoms with van der Waals surface area (Å²) in [6, 6.07) is 6.57. The van der Waals surface area contributed by atoms with Gasteiger partial charge in [-0.25, -0.2) is 4.68 Å². The van der Waals surface area contributed by atoms with Crippen molar-refractivity contribution in [2.45, 2.75) is 6.54 Å². The van der Waals surface area contributed by atoms with Crippen LogP contribution < -0.4 is 5.73 Å². The number of aromatic nitrogens is 2. The average Bonchev–Trinajstić information content (AvgIpc) is 2.61. The molecule has 1 aromatic carbocycles. The molecule has 1 aromatic heterocycles. The van der Waals surface area contributed by atoms with Gasteiger partial charge in [-0.3, -0.25) is 10.1 Å². The molecule has 0 atom stereocenters. The van der Waals surface area contributed by atoms with Gasteiger partial charge in [-0.1, -0.05) is 18.2 Å². The number of nitro benzene ring substituents is 1. The summed E-state index contributed by atoms with van der Waals surface area (Å²) in [6.45, 7) is 0.298. The number of halogens is 1. The number of nitrogens with two attached hydrogens (primary N) is 1. The van der Waals surface area contributed by atoms with Crippen LogP contribution in [0.5, 0.6) is 0 Å². The van der Waals surface area contributed by atoms with E-state index in [1.165, 1.54) is 6.07 Å². The van der Waals surface area contributed by atoms with Crippen molar-refractivity contribution in [3.8, 4) is 0 Å². The van der Waals surface area contributed by atoms with E-state index >= 15 is 0 Å². The molecule has 0 aliphatic heterocycles. The molecule has 6 nitrogen and oxygen atoms in total. The summed E-state index contributed by atoms with van der Waals surface area (Å²) in [5.41, 5.74) is 6.47. The van der Waals surface area contributed by atoms with Crippen LogP contribution >= 0.6 is 22.6 Å². The molecular formula is C10H9IN4O2. The first kappa shape index (κ1) is 11.8. The first-order valence-electron chi connectivity index (χ1n) is 4.78. The maximum Gasteiger partial charge on any atom is 0.274 e. The second kappa shape index (κ2) is 4.70. The molecule has 0 saturated carbocycles. The number of benzene rings is 1. The number of rotatable bonds is 3. The van der Waals surface area contributed by atoms with Crippen molar-refractivity contribution in [3.05, 3.63) is 49.7 Å². The lowest BCUT2D eigenvalue weighted by Crippen LogP contribution is -2.08. The Morgan fingerprint density at radius 2 is 2.18 bits per heavy atom. The lowest BCUT2D eigenvalue weighted by molar-refractivity contribution is -0.385. The zero-order chi connectivity index (χ0) is 12.4. The fourth-order valence-electron chi connectivity index (χ4n) is 1.48. The van der Waals surface area contributed by atoms with Gasteiger partial charge in [-0.2, -0.15) is 5.10 Å². The minimum Gasteiger partial charge on any atom is -0.383 e. The van der Waals surface area contributed by atoms with Crippen molar-refractivity contribution >= 4 is 34.1 Å².